The smallest absolute Gasteiger partial charge is 0.356 e. The molecule has 0 saturated heterocycles. The van der Waals surface area contributed by atoms with E-state index in [2.05, 4.69) is 54.5 Å². The molecule has 3 rings (SSSR count). The zero-order valence-electron chi connectivity index (χ0n) is 15.0. The van der Waals surface area contributed by atoms with Crippen LogP contribution in [0.1, 0.15) is 41.4 Å². The number of hydrogen-bond acceptors (Lipinski definition) is 4. The minimum absolute atomic E-state index is 0.292. The zero-order chi connectivity index (χ0) is 18.0. The van der Waals surface area contributed by atoms with Crippen molar-refractivity contribution in [3.8, 4) is 0 Å². The lowest BCUT2D eigenvalue weighted by molar-refractivity contribution is 0.0594. The number of ether oxygens (including phenoxy) is 1. The molecule has 0 bridgehead atoms. The summed E-state index contributed by atoms with van der Waals surface area (Å²) in [5.74, 6) is 0.0464. The highest BCUT2D eigenvalue weighted by Crippen LogP contribution is 2.28. The van der Waals surface area contributed by atoms with Gasteiger partial charge in [-0.25, -0.2) is 9.78 Å². The second kappa shape index (κ2) is 6.93. The predicted molar refractivity (Wildman–Crippen MR) is 102 cm³/mol. The van der Waals surface area contributed by atoms with E-state index in [1.54, 1.807) is 6.07 Å². The Morgan fingerprint density at radius 2 is 1.80 bits per heavy atom. The maximum absolute atomic E-state index is 11.9. The van der Waals surface area contributed by atoms with Gasteiger partial charge in [0.25, 0.3) is 0 Å². The summed E-state index contributed by atoms with van der Waals surface area (Å²) in [5.41, 5.74) is 5.28. The Morgan fingerprint density at radius 1 is 1.08 bits per heavy atom. The number of benzene rings is 2. The van der Waals surface area contributed by atoms with Crippen LogP contribution in [0, 0.1) is 6.92 Å². The van der Waals surface area contributed by atoms with Crippen LogP contribution in [0.3, 0.4) is 0 Å². The summed E-state index contributed by atoms with van der Waals surface area (Å²) in [6, 6.07) is 16.0. The van der Waals surface area contributed by atoms with Crippen molar-refractivity contribution < 1.29 is 9.53 Å². The van der Waals surface area contributed by atoms with Gasteiger partial charge in [-0.1, -0.05) is 37.6 Å². The Labute approximate surface area is 147 Å². The third-order valence-electron chi connectivity index (χ3n) is 4.22. The van der Waals surface area contributed by atoms with Gasteiger partial charge in [0.15, 0.2) is 5.69 Å². The van der Waals surface area contributed by atoms with Crippen molar-refractivity contribution in [2.75, 3.05) is 12.4 Å². The van der Waals surface area contributed by atoms with E-state index in [0.29, 0.717) is 11.6 Å². The molecule has 4 nitrogen and oxygen atoms in total. The van der Waals surface area contributed by atoms with Crippen LogP contribution in [-0.2, 0) is 4.74 Å². The van der Waals surface area contributed by atoms with Gasteiger partial charge >= 0.3 is 5.97 Å². The minimum atomic E-state index is -0.444. The molecule has 0 fully saturated rings. The van der Waals surface area contributed by atoms with Crippen molar-refractivity contribution in [3.63, 3.8) is 0 Å². The number of nitrogens with one attached hydrogen (secondary N) is 1. The SMILES string of the molecule is COC(=O)c1cc(Nc2ccc(C(C)C)cc2)c2cc(C)ccc2n1. The first kappa shape index (κ1) is 17.0. The Bertz CT molecular complexity index is 915. The van der Waals surface area contributed by atoms with Crippen LogP contribution in [0.15, 0.2) is 48.5 Å². The summed E-state index contributed by atoms with van der Waals surface area (Å²) < 4.78 is 4.83. The Kier molecular flexibility index (Phi) is 4.70. The molecule has 1 N–H and O–H groups in total. The molecule has 2 aromatic carbocycles. The molecule has 25 heavy (non-hydrogen) atoms. The van der Waals surface area contributed by atoms with Gasteiger partial charge in [-0.05, 0) is 48.7 Å². The average Bonchev–Trinajstić information content (AvgIpc) is 2.61. The molecule has 0 saturated carbocycles. The van der Waals surface area contributed by atoms with Gasteiger partial charge in [-0.15, -0.1) is 0 Å². The van der Waals surface area contributed by atoms with Crippen LogP contribution in [0.2, 0.25) is 0 Å². The monoisotopic (exact) mass is 334 g/mol. The molecule has 4 heteroatoms. The van der Waals surface area contributed by atoms with Gasteiger partial charge in [0, 0.05) is 11.1 Å². The number of methoxy groups -OCH3 is 1. The van der Waals surface area contributed by atoms with Crippen molar-refractivity contribution in [3.05, 3.63) is 65.4 Å². The number of esters is 1. The summed E-state index contributed by atoms with van der Waals surface area (Å²) in [6.45, 7) is 6.38. The van der Waals surface area contributed by atoms with E-state index in [9.17, 15) is 4.79 Å². The topological polar surface area (TPSA) is 51.2 Å². The van der Waals surface area contributed by atoms with Gasteiger partial charge in [0.1, 0.15) is 0 Å². The van der Waals surface area contributed by atoms with Gasteiger partial charge in [0.2, 0.25) is 0 Å². The molecule has 1 aromatic heterocycles. The van der Waals surface area contributed by atoms with E-state index in [1.807, 2.05) is 19.1 Å². The largest absolute Gasteiger partial charge is 0.464 e. The van der Waals surface area contributed by atoms with Crippen LogP contribution in [-0.4, -0.2) is 18.1 Å². The van der Waals surface area contributed by atoms with Crippen LogP contribution >= 0.6 is 0 Å². The summed E-state index contributed by atoms with van der Waals surface area (Å²) in [5, 5.41) is 4.38. The summed E-state index contributed by atoms with van der Waals surface area (Å²) in [6.07, 6.45) is 0. The van der Waals surface area contributed by atoms with Crippen molar-refractivity contribution >= 4 is 28.2 Å². The number of rotatable bonds is 4. The standard InChI is InChI=1S/C21H22N2O2/c1-13(2)15-6-8-16(9-7-15)22-19-12-20(21(24)25-4)23-18-10-5-14(3)11-17(18)19/h5-13H,1-4H3,(H,22,23). The average molecular weight is 334 g/mol. The first-order valence-corrected chi connectivity index (χ1v) is 8.34. The fourth-order valence-electron chi connectivity index (χ4n) is 2.76. The summed E-state index contributed by atoms with van der Waals surface area (Å²) >= 11 is 0. The third-order valence-corrected chi connectivity index (χ3v) is 4.22. The Balaban J connectivity index is 2.06. The van der Waals surface area contributed by atoms with Crippen LogP contribution in [0.5, 0.6) is 0 Å². The normalized spacial score (nSPS) is 10.9. The second-order valence-electron chi connectivity index (χ2n) is 6.47. The molecule has 1 heterocycles. The maximum atomic E-state index is 11.9. The number of anilines is 2. The van der Waals surface area contributed by atoms with E-state index in [1.165, 1.54) is 12.7 Å². The van der Waals surface area contributed by atoms with E-state index in [0.717, 1.165) is 27.8 Å². The van der Waals surface area contributed by atoms with Gasteiger partial charge in [0.05, 0.1) is 18.3 Å². The number of carbonyl (C=O) groups excluding carboxylic acids is 1. The molecule has 0 amide bonds. The molecule has 128 valence electrons. The molecule has 0 unspecified atom stereocenters. The van der Waals surface area contributed by atoms with Crippen molar-refractivity contribution in [2.45, 2.75) is 26.7 Å². The molecular formula is C21H22N2O2. The molecular weight excluding hydrogens is 312 g/mol. The lowest BCUT2D eigenvalue weighted by atomic mass is 10.0. The summed E-state index contributed by atoms with van der Waals surface area (Å²) in [4.78, 5) is 16.3. The highest BCUT2D eigenvalue weighted by atomic mass is 16.5. The fourth-order valence-corrected chi connectivity index (χ4v) is 2.76. The Morgan fingerprint density at radius 3 is 2.44 bits per heavy atom. The Hall–Kier alpha value is -2.88. The van der Waals surface area contributed by atoms with E-state index in [4.69, 9.17) is 4.74 Å². The number of fused-ring (bicyclic) bond motifs is 1. The quantitative estimate of drug-likeness (QED) is 0.667. The number of nitrogens with zero attached hydrogens (tertiary/aromatic N) is 1. The lowest BCUT2D eigenvalue weighted by Crippen LogP contribution is -2.06. The van der Waals surface area contributed by atoms with Crippen LogP contribution in [0.4, 0.5) is 11.4 Å². The number of pyridine rings is 1. The highest BCUT2D eigenvalue weighted by Gasteiger charge is 2.13. The lowest BCUT2D eigenvalue weighted by Gasteiger charge is -2.13. The number of aromatic nitrogens is 1. The minimum Gasteiger partial charge on any atom is -0.464 e. The zero-order valence-corrected chi connectivity index (χ0v) is 15.0. The van der Waals surface area contributed by atoms with Crippen LogP contribution in [0.25, 0.3) is 10.9 Å². The molecule has 0 aliphatic carbocycles. The fraction of sp³-hybridized carbons (Fsp3) is 0.238. The highest BCUT2D eigenvalue weighted by molar-refractivity contribution is 5.99. The second-order valence-corrected chi connectivity index (χ2v) is 6.47. The molecule has 0 aliphatic heterocycles. The predicted octanol–water partition coefficient (Wildman–Crippen LogP) is 5.20. The van der Waals surface area contributed by atoms with Gasteiger partial charge in [-0.3, -0.25) is 0 Å². The van der Waals surface area contributed by atoms with Crippen molar-refractivity contribution in [2.24, 2.45) is 0 Å². The van der Waals surface area contributed by atoms with Crippen LogP contribution < -0.4 is 5.32 Å². The molecule has 0 spiro atoms. The third kappa shape index (κ3) is 3.63. The van der Waals surface area contributed by atoms with E-state index >= 15 is 0 Å². The number of carbonyl (C=O) groups is 1. The van der Waals surface area contributed by atoms with E-state index < -0.39 is 5.97 Å². The molecule has 3 aromatic rings. The molecule has 0 atom stereocenters. The first-order chi connectivity index (χ1) is 12.0. The van der Waals surface area contributed by atoms with Gasteiger partial charge in [-0.2, -0.15) is 0 Å². The maximum Gasteiger partial charge on any atom is 0.356 e. The number of hydrogen-bond donors (Lipinski definition) is 1. The van der Waals surface area contributed by atoms with E-state index in [-0.39, 0.29) is 0 Å². The van der Waals surface area contributed by atoms with Crippen molar-refractivity contribution in [1.29, 1.82) is 0 Å². The molecule has 0 aliphatic rings. The van der Waals surface area contributed by atoms with Gasteiger partial charge < -0.3 is 10.1 Å². The summed E-state index contributed by atoms with van der Waals surface area (Å²) in [7, 11) is 1.36. The molecule has 0 radical (unpaired) electrons. The van der Waals surface area contributed by atoms with Crippen molar-refractivity contribution in [1.82, 2.24) is 4.98 Å². The number of aryl methyl sites for hydroxylation is 1. The first-order valence-electron chi connectivity index (χ1n) is 8.34.